The molecule has 0 aliphatic carbocycles. The number of hydrogen-bond acceptors (Lipinski definition) is 2. The van der Waals surface area contributed by atoms with Gasteiger partial charge in [0.25, 0.3) is 0 Å². The molecule has 0 rings (SSSR count). The van der Waals surface area contributed by atoms with Crippen LogP contribution < -0.4 is 5.32 Å². The third kappa shape index (κ3) is 2.28. The number of rotatable bonds is 3. The number of Topliss-reactive ketones (excluding diaryl/α,β-unsaturated/α-hetero) is 1. The molecular weight excluding hydrogens is 126 g/mol. The summed E-state index contributed by atoms with van der Waals surface area (Å²) >= 11 is 5.24. The monoisotopic (exact) mass is 135 g/mol. The molecule has 8 heavy (non-hydrogen) atoms. The van der Waals surface area contributed by atoms with Crippen molar-refractivity contribution in [3.8, 4) is 0 Å². The molecule has 0 aromatic heterocycles. The highest BCUT2D eigenvalue weighted by Crippen LogP contribution is 1.85. The van der Waals surface area contributed by atoms with Gasteiger partial charge in [-0.05, 0) is 14.0 Å². The van der Waals surface area contributed by atoms with Gasteiger partial charge >= 0.3 is 0 Å². The summed E-state index contributed by atoms with van der Waals surface area (Å²) < 4.78 is 0. The quantitative estimate of drug-likeness (QED) is 0.568. The molecule has 0 bridgehead atoms. The number of alkyl halides is 1. The number of carbonyl (C=O) groups excluding carboxylic acids is 1. The number of likely N-dealkylation sites (N-methyl/N-ethyl adjacent to an activating group) is 1. The van der Waals surface area contributed by atoms with Gasteiger partial charge < -0.3 is 5.32 Å². The fourth-order valence-corrected chi connectivity index (χ4v) is 0.508. The minimum absolute atomic E-state index is 0.0363. The minimum Gasteiger partial charge on any atom is -0.311 e. The van der Waals surface area contributed by atoms with Crippen molar-refractivity contribution in [2.24, 2.45) is 0 Å². The zero-order valence-electron chi connectivity index (χ0n) is 5.07. The SMILES string of the molecule is CN[C@H](C)C(=O)CCl. The Hall–Kier alpha value is -0.0800. The Morgan fingerprint density at radius 1 is 1.88 bits per heavy atom. The van der Waals surface area contributed by atoms with Crippen LogP contribution in [0.3, 0.4) is 0 Å². The lowest BCUT2D eigenvalue weighted by Crippen LogP contribution is -2.31. The van der Waals surface area contributed by atoms with Crippen LogP contribution in [0, 0.1) is 0 Å². The zero-order chi connectivity index (χ0) is 6.57. The summed E-state index contributed by atoms with van der Waals surface area (Å²) in [5, 5.41) is 2.78. The van der Waals surface area contributed by atoms with Gasteiger partial charge in [-0.15, -0.1) is 11.6 Å². The summed E-state index contributed by atoms with van der Waals surface area (Å²) in [6.45, 7) is 1.78. The first-order chi connectivity index (χ1) is 3.72. The molecule has 48 valence electrons. The van der Waals surface area contributed by atoms with Crippen molar-refractivity contribution in [1.29, 1.82) is 0 Å². The molecule has 0 aliphatic rings. The maximum Gasteiger partial charge on any atom is 0.164 e. The summed E-state index contributed by atoms with van der Waals surface area (Å²) in [5.41, 5.74) is 0. The molecule has 0 amide bonds. The normalized spacial score (nSPS) is 13.4. The van der Waals surface area contributed by atoms with E-state index >= 15 is 0 Å². The molecule has 3 heteroatoms. The van der Waals surface area contributed by atoms with Crippen LogP contribution in [0.15, 0.2) is 0 Å². The average Bonchev–Trinajstić information content (AvgIpc) is 1.84. The molecule has 1 N–H and O–H groups in total. The number of nitrogens with one attached hydrogen (secondary N) is 1. The minimum atomic E-state index is -0.104. The van der Waals surface area contributed by atoms with Gasteiger partial charge in [0, 0.05) is 0 Å². The van der Waals surface area contributed by atoms with Crippen LogP contribution in [0.4, 0.5) is 0 Å². The smallest absolute Gasteiger partial charge is 0.164 e. The number of halogens is 1. The van der Waals surface area contributed by atoms with Crippen molar-refractivity contribution < 1.29 is 4.79 Å². The Kier molecular flexibility index (Phi) is 3.83. The van der Waals surface area contributed by atoms with Crippen LogP contribution in [0.1, 0.15) is 6.92 Å². The van der Waals surface area contributed by atoms with E-state index in [4.69, 9.17) is 11.6 Å². The van der Waals surface area contributed by atoms with E-state index < -0.39 is 0 Å². The summed E-state index contributed by atoms with van der Waals surface area (Å²) in [6, 6.07) is -0.104. The van der Waals surface area contributed by atoms with Crippen molar-refractivity contribution >= 4 is 17.4 Å². The lowest BCUT2D eigenvalue weighted by molar-refractivity contribution is -0.118. The largest absolute Gasteiger partial charge is 0.311 e. The van der Waals surface area contributed by atoms with Crippen LogP contribution in [-0.2, 0) is 4.79 Å². The van der Waals surface area contributed by atoms with Crippen molar-refractivity contribution in [1.82, 2.24) is 5.32 Å². The Morgan fingerprint density at radius 2 is 2.38 bits per heavy atom. The van der Waals surface area contributed by atoms with Gasteiger partial charge in [-0.3, -0.25) is 4.79 Å². The van der Waals surface area contributed by atoms with Crippen molar-refractivity contribution in [2.45, 2.75) is 13.0 Å². The first kappa shape index (κ1) is 7.92. The molecule has 0 unspecified atom stereocenters. The second-order valence-electron chi connectivity index (χ2n) is 1.61. The van der Waals surface area contributed by atoms with Gasteiger partial charge in [0.1, 0.15) is 0 Å². The van der Waals surface area contributed by atoms with E-state index in [1.54, 1.807) is 14.0 Å². The van der Waals surface area contributed by atoms with Gasteiger partial charge in [0.2, 0.25) is 0 Å². The zero-order valence-corrected chi connectivity index (χ0v) is 5.83. The predicted octanol–water partition coefficient (Wildman–Crippen LogP) is 0.402. The van der Waals surface area contributed by atoms with Gasteiger partial charge in [-0.25, -0.2) is 0 Å². The third-order valence-corrected chi connectivity index (χ3v) is 1.31. The highest BCUT2D eigenvalue weighted by atomic mass is 35.5. The Bertz CT molecular complexity index is 84.5. The third-order valence-electron chi connectivity index (χ3n) is 1.05. The Morgan fingerprint density at radius 3 is 2.50 bits per heavy atom. The molecule has 2 nitrogen and oxygen atoms in total. The topological polar surface area (TPSA) is 29.1 Å². The molecule has 0 heterocycles. The van der Waals surface area contributed by atoms with Crippen LogP contribution in [-0.4, -0.2) is 24.8 Å². The van der Waals surface area contributed by atoms with E-state index in [0.717, 1.165) is 0 Å². The summed E-state index contributed by atoms with van der Waals surface area (Å²) in [5.74, 6) is 0.135. The molecule has 0 radical (unpaired) electrons. The van der Waals surface area contributed by atoms with E-state index in [2.05, 4.69) is 5.32 Å². The van der Waals surface area contributed by atoms with Crippen molar-refractivity contribution in [3.05, 3.63) is 0 Å². The predicted molar refractivity (Wildman–Crippen MR) is 34.2 cm³/mol. The maximum atomic E-state index is 10.5. The van der Waals surface area contributed by atoms with Crippen LogP contribution in [0.25, 0.3) is 0 Å². The molecule has 0 spiro atoms. The summed E-state index contributed by atoms with van der Waals surface area (Å²) in [7, 11) is 1.73. The molecule has 0 saturated carbocycles. The number of hydrogen-bond donors (Lipinski definition) is 1. The van der Waals surface area contributed by atoms with E-state index in [-0.39, 0.29) is 17.7 Å². The van der Waals surface area contributed by atoms with E-state index in [1.807, 2.05) is 0 Å². The number of ketones is 1. The van der Waals surface area contributed by atoms with Crippen LogP contribution in [0.2, 0.25) is 0 Å². The molecule has 0 aliphatic heterocycles. The van der Waals surface area contributed by atoms with Crippen molar-refractivity contribution in [3.63, 3.8) is 0 Å². The molecule has 0 aromatic carbocycles. The summed E-state index contributed by atoms with van der Waals surface area (Å²) in [6.07, 6.45) is 0. The van der Waals surface area contributed by atoms with E-state index in [9.17, 15) is 4.79 Å². The molecular formula is C5H10ClNO. The fraction of sp³-hybridized carbons (Fsp3) is 0.800. The Labute approximate surface area is 54.2 Å². The van der Waals surface area contributed by atoms with Gasteiger partial charge in [0.05, 0.1) is 11.9 Å². The lowest BCUT2D eigenvalue weighted by Gasteiger charge is -2.03. The lowest BCUT2D eigenvalue weighted by atomic mass is 10.2. The average molecular weight is 136 g/mol. The molecule has 0 fully saturated rings. The highest BCUT2D eigenvalue weighted by Gasteiger charge is 2.06. The first-order valence-electron chi connectivity index (χ1n) is 2.48. The van der Waals surface area contributed by atoms with Gasteiger partial charge in [-0.2, -0.15) is 0 Å². The standard InChI is InChI=1S/C5H10ClNO/c1-4(7-2)5(8)3-6/h4,7H,3H2,1-2H3/t4-/m1/s1. The van der Waals surface area contributed by atoms with E-state index in [1.165, 1.54) is 0 Å². The van der Waals surface area contributed by atoms with Gasteiger partial charge in [0.15, 0.2) is 5.78 Å². The first-order valence-corrected chi connectivity index (χ1v) is 3.01. The number of carbonyl (C=O) groups is 1. The Balaban J connectivity index is 3.46. The highest BCUT2D eigenvalue weighted by molar-refractivity contribution is 6.28. The van der Waals surface area contributed by atoms with Crippen LogP contribution >= 0.6 is 11.6 Å². The molecule has 0 aromatic rings. The molecule has 1 atom stereocenters. The fourth-order valence-electron chi connectivity index (χ4n) is 0.277. The second kappa shape index (κ2) is 3.87. The van der Waals surface area contributed by atoms with Crippen molar-refractivity contribution in [2.75, 3.05) is 12.9 Å². The maximum absolute atomic E-state index is 10.5. The van der Waals surface area contributed by atoms with Crippen LogP contribution in [0.5, 0.6) is 0 Å². The van der Waals surface area contributed by atoms with E-state index in [0.29, 0.717) is 0 Å². The van der Waals surface area contributed by atoms with Gasteiger partial charge in [-0.1, -0.05) is 0 Å². The molecule has 0 saturated heterocycles. The second-order valence-corrected chi connectivity index (χ2v) is 1.88. The summed E-state index contributed by atoms with van der Waals surface area (Å²) in [4.78, 5) is 10.5.